The number of ether oxygens (including phenoxy) is 1. The molecule has 1 aliphatic rings. The molecule has 1 amide bonds. The van der Waals surface area contributed by atoms with Crippen molar-refractivity contribution in [2.45, 2.75) is 6.42 Å². The SMILES string of the molecule is O=C(CC1CNc2ccccc2OC1=O)Nc1ccc(F)cc1. The van der Waals surface area contributed by atoms with Gasteiger partial charge in [-0.05, 0) is 36.4 Å². The van der Waals surface area contributed by atoms with Crippen LogP contribution in [0.15, 0.2) is 48.5 Å². The predicted molar refractivity (Wildman–Crippen MR) is 83.7 cm³/mol. The highest BCUT2D eigenvalue weighted by Gasteiger charge is 2.27. The van der Waals surface area contributed by atoms with E-state index in [1.165, 1.54) is 24.3 Å². The molecule has 1 heterocycles. The van der Waals surface area contributed by atoms with E-state index in [-0.39, 0.29) is 18.1 Å². The second kappa shape index (κ2) is 6.48. The molecule has 118 valence electrons. The number of anilines is 2. The van der Waals surface area contributed by atoms with E-state index >= 15 is 0 Å². The molecule has 2 aromatic rings. The zero-order valence-electron chi connectivity index (χ0n) is 12.2. The topological polar surface area (TPSA) is 67.4 Å². The molecule has 0 saturated heterocycles. The molecule has 0 aromatic heterocycles. The number of carbonyl (C=O) groups is 2. The molecule has 5 nitrogen and oxygen atoms in total. The molecule has 0 spiro atoms. The van der Waals surface area contributed by atoms with Crippen molar-refractivity contribution in [3.05, 3.63) is 54.3 Å². The second-order valence-corrected chi connectivity index (χ2v) is 5.25. The lowest BCUT2D eigenvalue weighted by atomic mass is 10.1. The van der Waals surface area contributed by atoms with E-state index in [1.54, 1.807) is 12.1 Å². The van der Waals surface area contributed by atoms with Gasteiger partial charge in [0, 0.05) is 18.7 Å². The normalized spacial score (nSPS) is 16.6. The molecule has 2 N–H and O–H groups in total. The summed E-state index contributed by atoms with van der Waals surface area (Å²) in [7, 11) is 0. The summed E-state index contributed by atoms with van der Waals surface area (Å²) in [4.78, 5) is 24.2. The van der Waals surface area contributed by atoms with Gasteiger partial charge >= 0.3 is 5.97 Å². The third kappa shape index (κ3) is 3.66. The van der Waals surface area contributed by atoms with Gasteiger partial charge in [0.1, 0.15) is 5.82 Å². The van der Waals surface area contributed by atoms with Crippen molar-refractivity contribution in [2.75, 3.05) is 17.2 Å². The maximum Gasteiger partial charge on any atom is 0.316 e. The number of hydrogen-bond acceptors (Lipinski definition) is 4. The van der Waals surface area contributed by atoms with E-state index in [4.69, 9.17) is 4.74 Å². The Bertz CT molecular complexity index is 731. The van der Waals surface area contributed by atoms with Crippen LogP contribution < -0.4 is 15.4 Å². The highest BCUT2D eigenvalue weighted by Crippen LogP contribution is 2.28. The number of nitrogens with one attached hydrogen (secondary N) is 2. The van der Waals surface area contributed by atoms with Gasteiger partial charge in [-0.1, -0.05) is 12.1 Å². The van der Waals surface area contributed by atoms with Gasteiger partial charge in [0.05, 0.1) is 11.6 Å². The lowest BCUT2D eigenvalue weighted by Gasteiger charge is -2.12. The summed E-state index contributed by atoms with van der Waals surface area (Å²) in [5.74, 6) is -1.29. The van der Waals surface area contributed by atoms with Crippen LogP contribution in [0, 0.1) is 11.7 Å². The van der Waals surface area contributed by atoms with Crippen LogP contribution >= 0.6 is 0 Å². The quantitative estimate of drug-likeness (QED) is 0.675. The van der Waals surface area contributed by atoms with Gasteiger partial charge in [0.25, 0.3) is 0 Å². The first kappa shape index (κ1) is 15.0. The minimum atomic E-state index is -0.595. The number of amides is 1. The van der Waals surface area contributed by atoms with Crippen LogP contribution in [0.1, 0.15) is 6.42 Å². The van der Waals surface area contributed by atoms with Gasteiger partial charge in [0.15, 0.2) is 5.75 Å². The molecule has 1 aliphatic heterocycles. The molecule has 1 unspecified atom stereocenters. The Balaban J connectivity index is 1.63. The Kier molecular flexibility index (Phi) is 4.23. The zero-order valence-corrected chi connectivity index (χ0v) is 12.2. The van der Waals surface area contributed by atoms with Crippen LogP contribution in [-0.4, -0.2) is 18.4 Å². The molecule has 23 heavy (non-hydrogen) atoms. The van der Waals surface area contributed by atoms with Gasteiger partial charge in [-0.15, -0.1) is 0 Å². The molecule has 0 aliphatic carbocycles. The van der Waals surface area contributed by atoms with Gasteiger partial charge in [0.2, 0.25) is 5.91 Å². The lowest BCUT2D eigenvalue weighted by molar-refractivity contribution is -0.140. The Labute approximate surface area is 132 Å². The number of benzene rings is 2. The highest BCUT2D eigenvalue weighted by molar-refractivity contribution is 5.94. The Morgan fingerprint density at radius 2 is 1.96 bits per heavy atom. The molecular weight excluding hydrogens is 299 g/mol. The Hall–Kier alpha value is -2.89. The molecule has 0 fully saturated rings. The minimum Gasteiger partial charge on any atom is -0.424 e. The summed E-state index contributed by atoms with van der Waals surface area (Å²) in [6.45, 7) is 0.312. The fourth-order valence-electron chi connectivity index (χ4n) is 2.33. The minimum absolute atomic E-state index is 0.0167. The lowest BCUT2D eigenvalue weighted by Crippen LogP contribution is -2.29. The number of rotatable bonds is 3. The van der Waals surface area contributed by atoms with Crippen molar-refractivity contribution in [3.63, 3.8) is 0 Å². The van der Waals surface area contributed by atoms with Crippen LogP contribution in [0.2, 0.25) is 0 Å². The molecular formula is C17H15FN2O3. The zero-order chi connectivity index (χ0) is 16.2. The van der Waals surface area contributed by atoms with Gasteiger partial charge in [-0.2, -0.15) is 0 Å². The third-order valence-corrected chi connectivity index (χ3v) is 3.53. The van der Waals surface area contributed by atoms with E-state index in [9.17, 15) is 14.0 Å². The number of fused-ring (bicyclic) bond motifs is 1. The van der Waals surface area contributed by atoms with Crippen LogP contribution in [0.4, 0.5) is 15.8 Å². The van der Waals surface area contributed by atoms with Crippen molar-refractivity contribution in [3.8, 4) is 5.75 Å². The van der Waals surface area contributed by atoms with Gasteiger partial charge in [-0.25, -0.2) is 4.39 Å². The Morgan fingerprint density at radius 1 is 1.22 bits per heavy atom. The number of hydrogen-bond donors (Lipinski definition) is 2. The van der Waals surface area contributed by atoms with Crippen molar-refractivity contribution < 1.29 is 18.7 Å². The summed E-state index contributed by atoms with van der Waals surface area (Å²) >= 11 is 0. The molecule has 1 atom stereocenters. The molecule has 0 saturated carbocycles. The average molecular weight is 314 g/mol. The Morgan fingerprint density at radius 3 is 2.74 bits per heavy atom. The molecule has 6 heteroatoms. The largest absolute Gasteiger partial charge is 0.424 e. The fraction of sp³-hybridized carbons (Fsp3) is 0.176. The van der Waals surface area contributed by atoms with Crippen molar-refractivity contribution in [2.24, 2.45) is 5.92 Å². The number of esters is 1. The number of carbonyl (C=O) groups excluding carboxylic acids is 2. The summed E-state index contributed by atoms with van der Waals surface area (Å²) in [5, 5.41) is 5.74. The maximum atomic E-state index is 12.8. The van der Waals surface area contributed by atoms with E-state index < -0.39 is 11.9 Å². The molecule has 0 bridgehead atoms. The van der Waals surface area contributed by atoms with Crippen LogP contribution in [-0.2, 0) is 9.59 Å². The van der Waals surface area contributed by atoms with E-state index in [0.717, 1.165) is 5.69 Å². The van der Waals surface area contributed by atoms with Crippen LogP contribution in [0.25, 0.3) is 0 Å². The van der Waals surface area contributed by atoms with Gasteiger partial charge in [-0.3, -0.25) is 9.59 Å². The third-order valence-electron chi connectivity index (χ3n) is 3.53. The first-order chi connectivity index (χ1) is 11.1. The van der Waals surface area contributed by atoms with E-state index in [1.807, 2.05) is 12.1 Å². The highest BCUT2D eigenvalue weighted by atomic mass is 19.1. The molecule has 0 radical (unpaired) electrons. The first-order valence-corrected chi connectivity index (χ1v) is 7.22. The van der Waals surface area contributed by atoms with E-state index in [2.05, 4.69) is 10.6 Å². The van der Waals surface area contributed by atoms with Crippen molar-refractivity contribution in [1.29, 1.82) is 0 Å². The average Bonchev–Trinajstić information content (AvgIpc) is 2.69. The summed E-state index contributed by atoms with van der Waals surface area (Å²) in [6.07, 6.45) is -0.0167. The standard InChI is InChI=1S/C17H15FN2O3/c18-12-5-7-13(8-6-12)20-16(21)9-11-10-19-14-3-1-2-4-15(14)23-17(11)22/h1-8,11,19H,9-10H2,(H,20,21). The first-order valence-electron chi connectivity index (χ1n) is 7.22. The smallest absolute Gasteiger partial charge is 0.316 e. The number of halogens is 1. The monoisotopic (exact) mass is 314 g/mol. The maximum absolute atomic E-state index is 12.8. The van der Waals surface area contributed by atoms with Crippen molar-refractivity contribution in [1.82, 2.24) is 0 Å². The summed E-state index contributed by atoms with van der Waals surface area (Å²) < 4.78 is 18.1. The molecule has 3 rings (SSSR count). The second-order valence-electron chi connectivity index (χ2n) is 5.25. The summed E-state index contributed by atoms with van der Waals surface area (Å²) in [5.41, 5.74) is 1.21. The van der Waals surface area contributed by atoms with Crippen molar-refractivity contribution >= 4 is 23.3 Å². The van der Waals surface area contributed by atoms with E-state index in [0.29, 0.717) is 18.0 Å². The van der Waals surface area contributed by atoms with Gasteiger partial charge < -0.3 is 15.4 Å². The predicted octanol–water partition coefficient (Wildman–Crippen LogP) is 2.80. The van der Waals surface area contributed by atoms with Crippen LogP contribution in [0.3, 0.4) is 0 Å². The van der Waals surface area contributed by atoms with Crippen LogP contribution in [0.5, 0.6) is 5.75 Å². The fourth-order valence-corrected chi connectivity index (χ4v) is 2.33. The number of para-hydroxylation sites is 2. The molecule has 2 aromatic carbocycles. The summed E-state index contributed by atoms with van der Waals surface area (Å²) in [6, 6.07) is 12.6.